The number of aryl methyl sites for hydroxylation is 1. The minimum absolute atomic E-state index is 0.00882. The number of carbonyl (C=O) groups excluding carboxylic acids is 1. The Kier molecular flexibility index (Phi) is 3.00. The summed E-state index contributed by atoms with van der Waals surface area (Å²) in [6.45, 7) is 1.58. The summed E-state index contributed by atoms with van der Waals surface area (Å²) >= 11 is 0. The fraction of sp³-hybridized carbons (Fsp3) is 0.100. The summed E-state index contributed by atoms with van der Waals surface area (Å²) < 4.78 is 43.5. The molecule has 0 spiro atoms. The number of nitrogens with zero attached hydrogens (tertiary/aromatic N) is 2. The monoisotopic (exact) mass is 257 g/mol. The molecule has 0 saturated carbocycles. The van der Waals surface area contributed by atoms with E-state index in [0.29, 0.717) is 11.8 Å². The minimum atomic E-state index is -1.68. The summed E-state index contributed by atoms with van der Waals surface area (Å²) in [5.74, 6) is -5.14. The van der Waals surface area contributed by atoms with Crippen LogP contribution in [0.4, 0.5) is 19.0 Å². The van der Waals surface area contributed by atoms with Gasteiger partial charge in [0.15, 0.2) is 11.6 Å². The normalized spacial score (nSPS) is 10.4. The van der Waals surface area contributed by atoms with Gasteiger partial charge in [-0.2, -0.15) is 13.8 Å². The Morgan fingerprint density at radius 3 is 2.67 bits per heavy atom. The number of aromatic nitrogens is 2. The Morgan fingerprint density at radius 2 is 2.06 bits per heavy atom. The van der Waals surface area contributed by atoms with Crippen LogP contribution in [0.5, 0.6) is 0 Å². The molecule has 1 N–H and O–H groups in total. The second-order valence-electron chi connectivity index (χ2n) is 3.37. The zero-order chi connectivity index (χ0) is 13.3. The molecule has 5 nitrogen and oxygen atoms in total. The van der Waals surface area contributed by atoms with Gasteiger partial charge in [-0.25, -0.2) is 4.39 Å². The third kappa shape index (κ3) is 2.31. The Bertz CT molecular complexity index is 612. The average molecular weight is 257 g/mol. The van der Waals surface area contributed by atoms with Gasteiger partial charge >= 0.3 is 0 Å². The van der Waals surface area contributed by atoms with Gasteiger partial charge in [0.1, 0.15) is 5.76 Å². The first kappa shape index (κ1) is 12.1. The van der Waals surface area contributed by atoms with Crippen LogP contribution in [0, 0.1) is 24.6 Å². The van der Waals surface area contributed by atoms with Gasteiger partial charge in [-0.3, -0.25) is 4.79 Å². The van der Waals surface area contributed by atoms with E-state index in [1.165, 1.54) is 6.07 Å². The zero-order valence-electron chi connectivity index (χ0n) is 9.00. The fourth-order valence-electron chi connectivity index (χ4n) is 1.24. The van der Waals surface area contributed by atoms with Crippen molar-refractivity contribution in [3.63, 3.8) is 0 Å². The number of anilines is 1. The molecule has 0 saturated heterocycles. The molecule has 0 fully saturated rings. The third-order valence-corrected chi connectivity index (χ3v) is 2.00. The van der Waals surface area contributed by atoms with Gasteiger partial charge in [0.2, 0.25) is 5.95 Å². The first-order valence-electron chi connectivity index (χ1n) is 4.73. The van der Waals surface area contributed by atoms with Crippen molar-refractivity contribution in [2.24, 2.45) is 0 Å². The number of amides is 1. The van der Waals surface area contributed by atoms with Crippen molar-refractivity contribution < 1.29 is 22.5 Å². The van der Waals surface area contributed by atoms with Gasteiger partial charge in [0.05, 0.1) is 5.56 Å². The maximum atomic E-state index is 13.2. The van der Waals surface area contributed by atoms with Gasteiger partial charge in [0, 0.05) is 12.1 Å². The number of nitrogens with one attached hydrogen (secondary N) is 1. The maximum Gasteiger partial charge on any atom is 0.260 e. The van der Waals surface area contributed by atoms with Crippen LogP contribution in [0.3, 0.4) is 0 Å². The van der Waals surface area contributed by atoms with Gasteiger partial charge < -0.3 is 9.84 Å². The van der Waals surface area contributed by atoms with Gasteiger partial charge in [-0.1, -0.05) is 5.16 Å². The van der Waals surface area contributed by atoms with Crippen molar-refractivity contribution in [2.45, 2.75) is 6.92 Å². The molecule has 2 heterocycles. The lowest BCUT2D eigenvalue weighted by Crippen LogP contribution is -2.16. The molecule has 2 aromatic rings. The predicted octanol–water partition coefficient (Wildman–Crippen LogP) is 2.05. The largest absolute Gasteiger partial charge is 0.360 e. The average Bonchev–Trinajstić information content (AvgIpc) is 2.69. The molecule has 0 unspecified atom stereocenters. The van der Waals surface area contributed by atoms with E-state index < -0.39 is 29.2 Å². The summed E-state index contributed by atoms with van der Waals surface area (Å²) in [5, 5.41) is 5.55. The van der Waals surface area contributed by atoms with Gasteiger partial charge in [-0.05, 0) is 6.92 Å². The van der Waals surface area contributed by atoms with E-state index in [-0.39, 0.29) is 5.82 Å². The number of halogens is 3. The minimum Gasteiger partial charge on any atom is -0.360 e. The molecule has 2 rings (SSSR count). The topological polar surface area (TPSA) is 68.0 Å². The second kappa shape index (κ2) is 4.47. The summed E-state index contributed by atoms with van der Waals surface area (Å²) in [4.78, 5) is 14.2. The summed E-state index contributed by atoms with van der Waals surface area (Å²) in [7, 11) is 0. The molecule has 0 bridgehead atoms. The van der Waals surface area contributed by atoms with Gasteiger partial charge in [0.25, 0.3) is 11.9 Å². The van der Waals surface area contributed by atoms with Crippen molar-refractivity contribution in [3.05, 3.63) is 41.2 Å². The van der Waals surface area contributed by atoms with Crippen LogP contribution in [0.1, 0.15) is 16.1 Å². The summed E-state index contributed by atoms with van der Waals surface area (Å²) in [5.41, 5.74) is -0.805. The maximum absolute atomic E-state index is 13.2. The Hall–Kier alpha value is -2.38. The van der Waals surface area contributed by atoms with Crippen LogP contribution in [0.15, 0.2) is 16.7 Å². The highest BCUT2D eigenvalue weighted by Gasteiger charge is 2.19. The number of rotatable bonds is 2. The molecule has 1 amide bonds. The SMILES string of the molecule is Cc1cc(NC(=O)c2cc(F)nc(F)c2F)no1. The Labute approximate surface area is 98.6 Å². The molecule has 0 aliphatic carbocycles. The third-order valence-electron chi connectivity index (χ3n) is 2.00. The first-order chi connectivity index (χ1) is 8.47. The zero-order valence-corrected chi connectivity index (χ0v) is 9.00. The van der Waals surface area contributed by atoms with E-state index in [4.69, 9.17) is 0 Å². The lowest BCUT2D eigenvalue weighted by Gasteiger charge is -2.03. The van der Waals surface area contributed by atoms with Crippen LogP contribution in [0.2, 0.25) is 0 Å². The van der Waals surface area contributed by atoms with Crippen molar-refractivity contribution in [1.82, 2.24) is 10.1 Å². The molecule has 0 radical (unpaired) electrons. The molecule has 18 heavy (non-hydrogen) atoms. The van der Waals surface area contributed by atoms with Crippen molar-refractivity contribution in [3.8, 4) is 0 Å². The van der Waals surface area contributed by atoms with Crippen molar-refractivity contribution in [2.75, 3.05) is 5.32 Å². The van der Waals surface area contributed by atoms with Crippen LogP contribution < -0.4 is 5.32 Å². The van der Waals surface area contributed by atoms with Crippen molar-refractivity contribution >= 4 is 11.7 Å². The Morgan fingerprint density at radius 1 is 1.33 bits per heavy atom. The number of pyridine rings is 1. The molecule has 94 valence electrons. The lowest BCUT2D eigenvalue weighted by atomic mass is 10.2. The first-order valence-corrected chi connectivity index (χ1v) is 4.73. The highest BCUT2D eigenvalue weighted by atomic mass is 19.2. The number of carbonyl (C=O) groups is 1. The van der Waals surface area contributed by atoms with Crippen LogP contribution in [-0.4, -0.2) is 16.0 Å². The van der Waals surface area contributed by atoms with Gasteiger partial charge in [-0.15, -0.1) is 0 Å². The molecule has 0 aliphatic heterocycles. The van der Waals surface area contributed by atoms with Crippen molar-refractivity contribution in [1.29, 1.82) is 0 Å². The second-order valence-corrected chi connectivity index (χ2v) is 3.37. The molecule has 0 aromatic carbocycles. The highest BCUT2D eigenvalue weighted by Crippen LogP contribution is 2.14. The van der Waals surface area contributed by atoms with E-state index in [9.17, 15) is 18.0 Å². The lowest BCUT2D eigenvalue weighted by molar-refractivity contribution is 0.102. The summed E-state index contributed by atoms with van der Waals surface area (Å²) in [6, 6.07) is 1.85. The van der Waals surface area contributed by atoms with E-state index in [0.717, 1.165) is 0 Å². The molecule has 8 heteroatoms. The molecule has 2 aromatic heterocycles. The molecular weight excluding hydrogens is 251 g/mol. The van der Waals surface area contributed by atoms with E-state index in [1.54, 1.807) is 6.92 Å². The van der Waals surface area contributed by atoms with Crippen LogP contribution in [0.25, 0.3) is 0 Å². The molecule has 0 atom stereocenters. The number of hydrogen-bond acceptors (Lipinski definition) is 4. The number of hydrogen-bond donors (Lipinski definition) is 1. The van der Waals surface area contributed by atoms with E-state index >= 15 is 0 Å². The fourth-order valence-corrected chi connectivity index (χ4v) is 1.24. The smallest absolute Gasteiger partial charge is 0.260 e. The van der Waals surface area contributed by atoms with Crippen LogP contribution >= 0.6 is 0 Å². The molecular formula is C10H6F3N3O2. The van der Waals surface area contributed by atoms with E-state index in [2.05, 4.69) is 20.0 Å². The highest BCUT2D eigenvalue weighted by molar-refractivity contribution is 6.03. The van der Waals surface area contributed by atoms with Crippen LogP contribution in [-0.2, 0) is 0 Å². The standard InChI is InChI=1S/C10H6F3N3O2/c1-4-2-7(16-18-4)15-10(17)5-3-6(11)14-9(13)8(5)12/h2-3H,1H3,(H,15,16,17). The predicted molar refractivity (Wildman–Crippen MR) is 53.3 cm³/mol. The quantitative estimate of drug-likeness (QED) is 0.836. The summed E-state index contributed by atoms with van der Waals surface area (Å²) in [6.07, 6.45) is 0. The molecule has 0 aliphatic rings. The Balaban J connectivity index is 2.29. The van der Waals surface area contributed by atoms with E-state index in [1.807, 2.05) is 0 Å².